The first-order valence-electron chi connectivity index (χ1n) is 14.5. The summed E-state index contributed by atoms with van der Waals surface area (Å²) >= 11 is 0. The van der Waals surface area contributed by atoms with Crippen molar-refractivity contribution in [2.24, 2.45) is 0 Å². The number of anilines is 1. The third-order valence-corrected chi connectivity index (χ3v) is 6.78. The summed E-state index contributed by atoms with van der Waals surface area (Å²) in [4.78, 5) is 42.8. The Morgan fingerprint density at radius 2 is 1.56 bits per heavy atom. The number of alkyl carbamates (subject to hydrolysis) is 1. The molecule has 0 radical (unpaired) electrons. The molecule has 3 amide bonds. The monoisotopic (exact) mass is 581 g/mol. The van der Waals surface area contributed by atoms with E-state index < -0.39 is 35.6 Å². The van der Waals surface area contributed by atoms with Gasteiger partial charge in [-0.2, -0.15) is 0 Å². The van der Waals surface area contributed by atoms with Gasteiger partial charge in [0.05, 0.1) is 0 Å². The summed E-state index contributed by atoms with van der Waals surface area (Å²) in [7, 11) is 0. The summed E-state index contributed by atoms with van der Waals surface area (Å²) in [5.74, 6) is -0.922. The first kappa shape index (κ1) is 31.1. The molecule has 2 unspecified atom stereocenters. The number of hydrogen-bond acceptors (Lipinski definition) is 5. The first-order chi connectivity index (χ1) is 20.5. The number of carbonyl (C=O) groups excluding carboxylic acids is 3. The highest BCUT2D eigenvalue weighted by Crippen LogP contribution is 2.28. The molecule has 0 saturated heterocycles. The highest BCUT2D eigenvalue weighted by atomic mass is 16.6. The van der Waals surface area contributed by atoms with E-state index in [0.29, 0.717) is 17.7 Å². The number of ether oxygens (including phenoxy) is 1. The van der Waals surface area contributed by atoms with E-state index in [2.05, 4.69) is 10.6 Å². The van der Waals surface area contributed by atoms with Crippen LogP contribution < -0.4 is 10.6 Å². The van der Waals surface area contributed by atoms with E-state index in [4.69, 9.17) is 4.74 Å². The van der Waals surface area contributed by atoms with Crippen LogP contribution in [0.25, 0.3) is 10.8 Å². The number of hydrogen-bond donors (Lipinski definition) is 3. The fraction of sp³-hybridized carbons (Fsp3) is 0.286. The number of fused-ring (bicyclic) bond motifs is 1. The van der Waals surface area contributed by atoms with Crippen molar-refractivity contribution in [1.29, 1.82) is 0 Å². The van der Waals surface area contributed by atoms with Gasteiger partial charge in [-0.15, -0.1) is 0 Å². The molecule has 0 aromatic heterocycles. The molecular weight excluding hydrogens is 542 g/mol. The Morgan fingerprint density at radius 1 is 0.860 bits per heavy atom. The minimum absolute atomic E-state index is 0.0300. The van der Waals surface area contributed by atoms with E-state index in [9.17, 15) is 19.5 Å². The Hall–Kier alpha value is -4.85. The number of amides is 3. The Balaban J connectivity index is 1.72. The molecule has 0 aliphatic heterocycles. The van der Waals surface area contributed by atoms with Gasteiger partial charge < -0.3 is 25.4 Å². The van der Waals surface area contributed by atoms with Crippen LogP contribution in [-0.2, 0) is 20.7 Å². The van der Waals surface area contributed by atoms with Gasteiger partial charge in [0.25, 0.3) is 5.91 Å². The van der Waals surface area contributed by atoms with Crippen molar-refractivity contribution in [3.63, 3.8) is 0 Å². The highest BCUT2D eigenvalue weighted by molar-refractivity contribution is 6.00. The number of nitrogens with zero attached hydrogens (tertiary/aromatic N) is 1. The average Bonchev–Trinajstić information content (AvgIpc) is 2.96. The molecule has 0 aliphatic carbocycles. The smallest absolute Gasteiger partial charge is 0.408 e. The fourth-order valence-corrected chi connectivity index (χ4v) is 4.95. The molecule has 0 fully saturated rings. The van der Waals surface area contributed by atoms with Gasteiger partial charge in [0.2, 0.25) is 5.91 Å². The number of nitrogens with one attached hydrogen (secondary N) is 2. The summed E-state index contributed by atoms with van der Waals surface area (Å²) in [6.45, 7) is 7.39. The van der Waals surface area contributed by atoms with Crippen molar-refractivity contribution in [3.8, 4) is 5.75 Å². The van der Waals surface area contributed by atoms with Crippen molar-refractivity contribution < 1.29 is 24.2 Å². The molecule has 4 aromatic rings. The zero-order valence-corrected chi connectivity index (χ0v) is 25.0. The normalized spacial score (nSPS) is 12.7. The number of phenols is 1. The molecule has 0 saturated carbocycles. The summed E-state index contributed by atoms with van der Waals surface area (Å²) in [5.41, 5.74) is 1.08. The Bertz CT molecular complexity index is 1560. The molecule has 3 N–H and O–H groups in total. The van der Waals surface area contributed by atoms with Gasteiger partial charge in [0.15, 0.2) is 0 Å². The maximum absolute atomic E-state index is 14.4. The van der Waals surface area contributed by atoms with Crippen molar-refractivity contribution in [3.05, 3.63) is 108 Å². The predicted octanol–water partition coefficient (Wildman–Crippen LogP) is 6.60. The van der Waals surface area contributed by atoms with Crippen LogP contribution in [0.15, 0.2) is 97.1 Å². The third kappa shape index (κ3) is 8.58. The molecule has 0 aliphatic rings. The summed E-state index contributed by atoms with van der Waals surface area (Å²) < 4.78 is 5.49. The summed E-state index contributed by atoms with van der Waals surface area (Å²) in [6.07, 6.45) is 0.0141. The van der Waals surface area contributed by atoms with Crippen LogP contribution in [0.1, 0.15) is 51.3 Å². The number of phenolic OH excluding ortho intramolecular Hbond substituents is 1. The van der Waals surface area contributed by atoms with Crippen LogP contribution in [0.5, 0.6) is 5.75 Å². The van der Waals surface area contributed by atoms with E-state index >= 15 is 0 Å². The van der Waals surface area contributed by atoms with Gasteiger partial charge in [-0.25, -0.2) is 4.79 Å². The molecule has 43 heavy (non-hydrogen) atoms. The van der Waals surface area contributed by atoms with Crippen LogP contribution in [-0.4, -0.2) is 46.1 Å². The molecule has 4 aromatic carbocycles. The molecule has 8 nitrogen and oxygen atoms in total. The quantitative estimate of drug-likeness (QED) is 0.196. The van der Waals surface area contributed by atoms with Crippen molar-refractivity contribution in [1.82, 2.24) is 10.2 Å². The molecule has 8 heteroatoms. The molecule has 0 spiro atoms. The zero-order chi connectivity index (χ0) is 31.0. The molecule has 2 atom stereocenters. The third-order valence-electron chi connectivity index (χ3n) is 6.78. The topological polar surface area (TPSA) is 108 Å². The minimum Gasteiger partial charge on any atom is -0.508 e. The second-order valence-corrected chi connectivity index (χ2v) is 11.5. The number of rotatable bonds is 10. The first-order valence-corrected chi connectivity index (χ1v) is 14.5. The lowest BCUT2D eigenvalue weighted by atomic mass is 9.99. The molecule has 4 rings (SSSR count). The van der Waals surface area contributed by atoms with Crippen molar-refractivity contribution >= 4 is 34.4 Å². The van der Waals surface area contributed by atoms with E-state index in [1.807, 2.05) is 79.7 Å². The van der Waals surface area contributed by atoms with Gasteiger partial charge in [-0.3, -0.25) is 9.59 Å². The van der Waals surface area contributed by atoms with Crippen molar-refractivity contribution in [2.75, 3.05) is 11.9 Å². The summed E-state index contributed by atoms with van der Waals surface area (Å²) in [6, 6.07) is 27.0. The van der Waals surface area contributed by atoms with Gasteiger partial charge in [0.1, 0.15) is 23.4 Å². The number of carbonyl (C=O) groups is 3. The van der Waals surface area contributed by atoms with Crippen LogP contribution in [0.2, 0.25) is 0 Å². The molecule has 224 valence electrons. The highest BCUT2D eigenvalue weighted by Gasteiger charge is 2.36. The average molecular weight is 582 g/mol. The maximum atomic E-state index is 14.4. The number of aromatic hydroxyl groups is 1. The van der Waals surface area contributed by atoms with Crippen LogP contribution in [0.3, 0.4) is 0 Å². The van der Waals surface area contributed by atoms with E-state index in [-0.39, 0.29) is 18.7 Å². The Labute approximate surface area is 252 Å². The molecule has 0 heterocycles. The van der Waals surface area contributed by atoms with E-state index in [1.165, 1.54) is 17.0 Å². The van der Waals surface area contributed by atoms with Crippen LogP contribution >= 0.6 is 0 Å². The van der Waals surface area contributed by atoms with Crippen molar-refractivity contribution in [2.45, 2.75) is 58.2 Å². The second kappa shape index (κ2) is 13.9. The van der Waals surface area contributed by atoms with Crippen LogP contribution in [0, 0.1) is 0 Å². The lowest BCUT2D eigenvalue weighted by molar-refractivity contribution is -0.140. The van der Waals surface area contributed by atoms with Gasteiger partial charge in [0, 0.05) is 18.7 Å². The fourth-order valence-electron chi connectivity index (χ4n) is 4.95. The van der Waals surface area contributed by atoms with Gasteiger partial charge in [-0.05, 0) is 73.4 Å². The van der Waals surface area contributed by atoms with Crippen LogP contribution in [0.4, 0.5) is 10.5 Å². The second-order valence-electron chi connectivity index (χ2n) is 11.5. The van der Waals surface area contributed by atoms with Gasteiger partial charge in [-0.1, -0.05) is 79.7 Å². The zero-order valence-electron chi connectivity index (χ0n) is 25.0. The van der Waals surface area contributed by atoms with E-state index in [1.54, 1.807) is 32.9 Å². The van der Waals surface area contributed by atoms with E-state index in [0.717, 1.165) is 16.3 Å². The predicted molar refractivity (Wildman–Crippen MR) is 169 cm³/mol. The Morgan fingerprint density at radius 3 is 2.23 bits per heavy atom. The largest absolute Gasteiger partial charge is 0.508 e. The molecule has 0 bridgehead atoms. The number of benzene rings is 4. The minimum atomic E-state index is -1.09. The Kier molecular flexibility index (Phi) is 10.0. The standard InChI is InChI=1S/C35H39N3O5/c1-5-20-38(33(41)30(21-24-12-7-6-8-13-24)37-34(42)43-35(2,3)4)31(27-16-11-17-29(39)23-27)32(40)36-28-19-18-25-14-9-10-15-26(25)22-28/h6-19,22-23,30-31,39H,5,20-21H2,1-4H3,(H,36,40)(H,37,42). The molecular formula is C35H39N3O5. The maximum Gasteiger partial charge on any atom is 0.408 e. The lowest BCUT2D eigenvalue weighted by Gasteiger charge is -2.34. The van der Waals surface area contributed by atoms with Gasteiger partial charge >= 0.3 is 6.09 Å². The SMILES string of the molecule is CCCN(C(=O)C(Cc1ccccc1)NC(=O)OC(C)(C)C)C(C(=O)Nc1ccc2ccccc2c1)c1cccc(O)c1. The lowest BCUT2D eigenvalue weighted by Crippen LogP contribution is -2.53. The summed E-state index contributed by atoms with van der Waals surface area (Å²) in [5, 5.41) is 18.0.